The van der Waals surface area contributed by atoms with E-state index in [0.717, 1.165) is 55.7 Å². The Labute approximate surface area is 381 Å². The first-order chi connectivity index (χ1) is 29.4. The molecular weight excluding hydrogens is 997 g/mol. The topological polar surface area (TPSA) is 56.7 Å². The van der Waals surface area contributed by atoms with Crippen molar-refractivity contribution in [2.75, 3.05) is 0 Å². The van der Waals surface area contributed by atoms with Crippen molar-refractivity contribution >= 4 is 72.3 Å². The molecule has 1 radical (unpaired) electrons. The van der Waals surface area contributed by atoms with Crippen LogP contribution >= 0.6 is 0 Å². The molecule has 0 bridgehead atoms. The molecule has 0 aliphatic heterocycles. The molecule has 4 aromatic heterocycles. The summed E-state index contributed by atoms with van der Waals surface area (Å²) in [5, 5.41) is 7.08. The van der Waals surface area contributed by atoms with Crippen LogP contribution in [0, 0.1) is 12.1 Å². The van der Waals surface area contributed by atoms with E-state index in [0.29, 0.717) is 17.5 Å². The van der Waals surface area contributed by atoms with Crippen molar-refractivity contribution in [3.8, 4) is 28.3 Å². The van der Waals surface area contributed by atoms with Gasteiger partial charge in [0.05, 0.1) is 28.1 Å². The van der Waals surface area contributed by atoms with E-state index in [1.807, 2.05) is 24.3 Å². The monoisotopic (exact) mass is 1050 g/mol. The number of furan rings is 1. The molecule has 0 N–H and O–H groups in total. The van der Waals surface area contributed by atoms with Gasteiger partial charge in [0.2, 0.25) is 5.71 Å². The van der Waals surface area contributed by atoms with Gasteiger partial charge < -0.3 is 8.98 Å². The SMILES string of the molecule is CC(C)c1c(-n2c(-c3[c-]cc(C(C)C)c4c3oc3ncccc34)nc3ccccc32)c2ccccc2c2ccccc12.CC(C)c1cc(-c2[c-]cccc2)nc[c]1[Ge]([CH3])([CH3])[CH3].[Ir]. The molecule has 0 atom stereocenters. The van der Waals surface area contributed by atoms with Crippen molar-refractivity contribution in [2.24, 2.45) is 0 Å². The van der Waals surface area contributed by atoms with Gasteiger partial charge in [-0.15, -0.1) is 17.7 Å². The summed E-state index contributed by atoms with van der Waals surface area (Å²) in [5.74, 6) is 9.22. The van der Waals surface area contributed by atoms with Gasteiger partial charge in [-0.05, 0) is 51.9 Å². The summed E-state index contributed by atoms with van der Waals surface area (Å²) in [7, 11) is 0. The molecule has 0 fully saturated rings. The van der Waals surface area contributed by atoms with Crippen LogP contribution in [0.1, 0.15) is 76.0 Å². The summed E-state index contributed by atoms with van der Waals surface area (Å²) in [6.45, 7) is 13.5. The Kier molecular flexibility index (Phi) is 12.1. The fourth-order valence-corrected chi connectivity index (χ4v) is 12.5. The summed E-state index contributed by atoms with van der Waals surface area (Å²) in [6, 6.07) is 49.3. The van der Waals surface area contributed by atoms with E-state index in [2.05, 4.69) is 189 Å². The molecular formula is C55H52GeIrN4O-2. The zero-order valence-electron chi connectivity index (χ0n) is 37.0. The Balaban J connectivity index is 0.000000223. The van der Waals surface area contributed by atoms with Crippen LogP contribution < -0.4 is 4.40 Å². The van der Waals surface area contributed by atoms with Crippen molar-refractivity contribution in [1.29, 1.82) is 0 Å². The molecule has 10 rings (SSSR count). The van der Waals surface area contributed by atoms with Crippen LogP contribution in [0.4, 0.5) is 0 Å². The van der Waals surface area contributed by atoms with E-state index in [-0.39, 0.29) is 26.0 Å². The third-order valence-corrected chi connectivity index (χ3v) is 16.1. The maximum absolute atomic E-state index is 6.56. The fourth-order valence-electron chi connectivity index (χ4n) is 8.97. The molecule has 0 saturated carbocycles. The predicted molar refractivity (Wildman–Crippen MR) is 259 cm³/mol. The predicted octanol–water partition coefficient (Wildman–Crippen LogP) is 14.6. The van der Waals surface area contributed by atoms with E-state index in [4.69, 9.17) is 9.40 Å². The molecule has 62 heavy (non-hydrogen) atoms. The molecule has 4 heterocycles. The van der Waals surface area contributed by atoms with Gasteiger partial charge in [-0.1, -0.05) is 105 Å². The molecule has 7 heteroatoms. The van der Waals surface area contributed by atoms with E-state index in [9.17, 15) is 0 Å². The minimum absolute atomic E-state index is 0. The maximum Gasteiger partial charge on any atom is 0 e. The van der Waals surface area contributed by atoms with Gasteiger partial charge in [0.15, 0.2) is 0 Å². The number of nitrogens with zero attached hydrogens (tertiary/aromatic N) is 4. The number of benzene rings is 6. The molecule has 0 amide bonds. The Morgan fingerprint density at radius 3 is 1.97 bits per heavy atom. The second kappa shape index (κ2) is 17.4. The minimum Gasteiger partial charge on any atom is 0 e. The first kappa shape index (κ1) is 43.3. The molecule has 6 aromatic carbocycles. The van der Waals surface area contributed by atoms with Crippen LogP contribution in [0.15, 0.2) is 138 Å². The van der Waals surface area contributed by atoms with Crippen LogP contribution in [0.2, 0.25) is 17.3 Å². The van der Waals surface area contributed by atoms with Crippen LogP contribution in [0.25, 0.3) is 83.0 Å². The molecule has 0 aliphatic rings. The van der Waals surface area contributed by atoms with Crippen molar-refractivity contribution < 1.29 is 24.5 Å². The fraction of sp³-hybridized carbons (Fsp3) is 0.218. The Hall–Kier alpha value is -5.40. The van der Waals surface area contributed by atoms with Gasteiger partial charge >= 0.3 is 119 Å². The molecule has 313 valence electrons. The molecule has 0 saturated heterocycles. The van der Waals surface area contributed by atoms with Gasteiger partial charge in [0.1, 0.15) is 0 Å². The first-order valence-corrected chi connectivity index (χ1v) is 28.9. The smallest absolute Gasteiger partial charge is 0 e. The van der Waals surface area contributed by atoms with E-state index < -0.39 is 13.3 Å². The third-order valence-electron chi connectivity index (χ3n) is 11.9. The summed E-state index contributed by atoms with van der Waals surface area (Å²) < 4.78 is 10.4. The van der Waals surface area contributed by atoms with Crippen LogP contribution in [0.3, 0.4) is 0 Å². The van der Waals surface area contributed by atoms with Crippen LogP contribution in [-0.2, 0) is 20.1 Å². The summed E-state index contributed by atoms with van der Waals surface area (Å²) in [6.07, 6.45) is 3.90. The van der Waals surface area contributed by atoms with Crippen molar-refractivity contribution in [1.82, 2.24) is 19.5 Å². The first-order valence-electron chi connectivity index (χ1n) is 21.5. The number of para-hydroxylation sites is 2. The zero-order chi connectivity index (χ0) is 42.6. The number of imidazole rings is 1. The molecule has 10 aromatic rings. The Bertz CT molecular complexity index is 3230. The summed E-state index contributed by atoms with van der Waals surface area (Å²) in [5.41, 5.74) is 11.5. The number of hydrogen-bond acceptors (Lipinski definition) is 4. The standard InChI is InChI=1S/C38H30N3O.C17H22GeN.Ir/c1-22(2)24-19-20-30(36-34(24)29-16-11-21-39-38(29)42-36)37-40-31-17-9-10-18-32(31)41(37)35-28-15-8-6-13-26(28)25-12-5-7-14-27(25)33(35)23(3)4;1-13(2)15-11-17(14-9-7-6-8-10-14)19-12-16(15)18(3,4)5;/h5-19,21-23H,1-4H3;6-9,11-13H,1-5H3;/q2*-1;. The average Bonchev–Trinajstić information content (AvgIpc) is 3.85. The van der Waals surface area contributed by atoms with E-state index in [1.165, 1.54) is 42.6 Å². The largest absolute Gasteiger partial charge is 0 e. The second-order valence-electron chi connectivity index (χ2n) is 18.0. The quantitative estimate of drug-likeness (QED) is 0.0907. The van der Waals surface area contributed by atoms with Gasteiger partial charge in [-0.3, -0.25) is 4.98 Å². The van der Waals surface area contributed by atoms with Crippen LogP contribution in [0.5, 0.6) is 0 Å². The van der Waals surface area contributed by atoms with Crippen molar-refractivity contribution in [2.45, 2.75) is 76.6 Å². The number of rotatable bonds is 7. The molecule has 0 spiro atoms. The number of aromatic nitrogens is 4. The van der Waals surface area contributed by atoms with Gasteiger partial charge in [-0.2, -0.15) is 0 Å². The number of fused-ring (bicyclic) bond motifs is 7. The van der Waals surface area contributed by atoms with E-state index in [1.54, 1.807) is 6.20 Å². The van der Waals surface area contributed by atoms with E-state index >= 15 is 0 Å². The Morgan fingerprint density at radius 2 is 1.29 bits per heavy atom. The average molecular weight is 1050 g/mol. The van der Waals surface area contributed by atoms with Crippen LogP contribution in [-0.4, -0.2) is 32.8 Å². The van der Waals surface area contributed by atoms with Gasteiger partial charge in [-0.25, -0.2) is 4.98 Å². The minimum atomic E-state index is -1.85. The van der Waals surface area contributed by atoms with Gasteiger partial charge in [0, 0.05) is 37.1 Å². The third kappa shape index (κ3) is 7.71. The molecule has 5 nitrogen and oxygen atoms in total. The summed E-state index contributed by atoms with van der Waals surface area (Å²) >= 11 is -1.85. The summed E-state index contributed by atoms with van der Waals surface area (Å²) in [4.78, 5) is 14.5. The zero-order valence-corrected chi connectivity index (χ0v) is 41.5. The number of hydrogen-bond donors (Lipinski definition) is 0. The van der Waals surface area contributed by atoms with Gasteiger partial charge in [0.25, 0.3) is 0 Å². The second-order valence-corrected chi connectivity index (χ2v) is 28.6. The van der Waals surface area contributed by atoms with Crippen molar-refractivity contribution in [3.63, 3.8) is 0 Å². The molecule has 0 aliphatic carbocycles. The normalized spacial score (nSPS) is 11.9. The Morgan fingerprint density at radius 1 is 0.645 bits per heavy atom. The maximum atomic E-state index is 6.56. The molecule has 0 unspecified atom stereocenters. The van der Waals surface area contributed by atoms with Crippen molar-refractivity contribution in [3.05, 3.63) is 163 Å². The number of pyridine rings is 2.